The van der Waals surface area contributed by atoms with E-state index in [0.29, 0.717) is 21.6 Å². The molecule has 0 saturated carbocycles. The number of nitrogens with zero attached hydrogens (tertiary/aromatic N) is 2. The van der Waals surface area contributed by atoms with Crippen LogP contribution in [0, 0.1) is 26.1 Å². The van der Waals surface area contributed by atoms with E-state index in [4.69, 9.17) is 47.0 Å². The Kier molecular flexibility index (Phi) is 11.0. The number of alkyl halides is 3. The van der Waals surface area contributed by atoms with Crippen molar-refractivity contribution in [1.29, 1.82) is 0 Å². The molecule has 0 fully saturated rings. The number of halogens is 3. The number of hydrogen-bond acceptors (Lipinski definition) is 6. The number of Topliss-reactive ketones (excluding diaryl/α,β-unsaturated/α-hetero) is 1. The molecule has 0 radical (unpaired) electrons. The second-order valence-electron chi connectivity index (χ2n) is 11.1. The first-order valence-corrected chi connectivity index (χ1v) is 16.3. The maximum atomic E-state index is 14.7. The van der Waals surface area contributed by atoms with Gasteiger partial charge >= 0.3 is 0 Å². The molecule has 0 saturated heterocycles. The molecule has 242 valence electrons. The van der Waals surface area contributed by atoms with Gasteiger partial charge in [0.15, 0.2) is 9.58 Å². The summed E-state index contributed by atoms with van der Waals surface area (Å²) in [7, 11) is 0. The summed E-state index contributed by atoms with van der Waals surface area (Å²) in [5.74, 6) is -4.22. The Morgan fingerprint density at radius 1 is 0.583 bits per heavy atom. The summed E-state index contributed by atoms with van der Waals surface area (Å²) >= 11 is 27.2. The molecule has 0 aliphatic rings. The van der Waals surface area contributed by atoms with Crippen LogP contribution in [-0.2, 0) is 0 Å². The zero-order valence-electron chi connectivity index (χ0n) is 25.1. The first kappa shape index (κ1) is 34.9. The summed E-state index contributed by atoms with van der Waals surface area (Å²) in [6.45, 7) is 0. The Bertz CT molecular complexity index is 1920. The van der Waals surface area contributed by atoms with E-state index in [1.165, 1.54) is 36.4 Å². The van der Waals surface area contributed by atoms with Crippen molar-refractivity contribution in [3.05, 3.63) is 188 Å². The molecule has 48 heavy (non-hydrogen) atoms. The van der Waals surface area contributed by atoms with Crippen LogP contribution in [0.5, 0.6) is 0 Å². The fourth-order valence-electron chi connectivity index (χ4n) is 6.05. The van der Waals surface area contributed by atoms with Crippen molar-refractivity contribution in [2.45, 2.75) is 21.5 Å². The molecule has 4 unspecified atom stereocenters. The van der Waals surface area contributed by atoms with Gasteiger partial charge in [-0.25, -0.2) is 0 Å². The van der Waals surface area contributed by atoms with Gasteiger partial charge in [-0.3, -0.25) is 25.0 Å². The van der Waals surface area contributed by atoms with E-state index < -0.39 is 43.1 Å². The minimum absolute atomic E-state index is 0.0741. The minimum Gasteiger partial charge on any atom is -0.293 e. The van der Waals surface area contributed by atoms with Crippen LogP contribution < -0.4 is 0 Å². The number of rotatable bonds is 12. The largest absolute Gasteiger partial charge is 0.293 e. The van der Waals surface area contributed by atoms with E-state index >= 15 is 0 Å². The lowest BCUT2D eigenvalue weighted by Crippen LogP contribution is -2.40. The number of non-ortho nitro benzene ring substituents is 2. The fourth-order valence-corrected chi connectivity index (χ4v) is 7.36. The molecule has 0 aliphatic carbocycles. The average molecular weight is 718 g/mol. The molecule has 7 nitrogen and oxygen atoms in total. The normalized spacial score (nSPS) is 13.9. The van der Waals surface area contributed by atoms with Crippen LogP contribution in [0.3, 0.4) is 0 Å². The van der Waals surface area contributed by atoms with Crippen molar-refractivity contribution < 1.29 is 14.6 Å². The molecule has 0 N–H and O–H groups in total. The number of benzene rings is 5. The molecule has 0 amide bonds. The third-order valence-electron chi connectivity index (χ3n) is 8.20. The quantitative estimate of drug-likeness (QED) is 0.0418. The van der Waals surface area contributed by atoms with E-state index in [1.54, 1.807) is 42.5 Å². The summed E-state index contributed by atoms with van der Waals surface area (Å²) in [5, 5.41) is 23.2. The van der Waals surface area contributed by atoms with Gasteiger partial charge in [-0.1, -0.05) is 162 Å². The number of carbonyl (C=O) groups is 1. The monoisotopic (exact) mass is 716 g/mol. The highest BCUT2D eigenvalue weighted by Gasteiger charge is 2.50. The van der Waals surface area contributed by atoms with Crippen LogP contribution >= 0.6 is 47.0 Å². The molecular formula is C37H27Cl3N2O5S. The third-order valence-corrected chi connectivity index (χ3v) is 9.44. The number of carbonyl (C=O) groups excluding carboxylic acids is 1. The average Bonchev–Trinajstić information content (AvgIpc) is 3.09. The minimum atomic E-state index is -2.10. The summed E-state index contributed by atoms with van der Waals surface area (Å²) in [6, 6.07) is 39.0. The second-order valence-corrected chi connectivity index (χ2v) is 14.0. The zero-order chi connectivity index (χ0) is 34.4. The lowest BCUT2D eigenvalue weighted by Gasteiger charge is -2.40. The molecule has 5 aromatic rings. The highest BCUT2D eigenvalue weighted by Crippen LogP contribution is 2.53. The molecule has 0 aromatic heterocycles. The lowest BCUT2D eigenvalue weighted by molar-refractivity contribution is -0.385. The van der Waals surface area contributed by atoms with Crippen LogP contribution in [-0.4, -0.2) is 24.3 Å². The molecule has 11 heteroatoms. The van der Waals surface area contributed by atoms with Crippen LogP contribution in [0.4, 0.5) is 11.4 Å². The van der Waals surface area contributed by atoms with Gasteiger partial charge in [0.2, 0.25) is 0 Å². The Labute approximate surface area is 297 Å². The standard InChI is InChI=1S/C37H27Cl3N2O5S/c38-37(39,40)34(32(25-13-6-2-7-14-25)35(43)28-17-10-18-30(23-28)42(46)47)33(26-15-8-3-9-16-26)36(48)31(24-11-4-1-5-12-24)27-19-21-29(22-20-27)41(44)45/h1-23,31-34H. The fraction of sp³-hybridized carbons (Fsp3) is 0.135. The smallest absolute Gasteiger partial charge is 0.270 e. The molecule has 5 aromatic carbocycles. The van der Waals surface area contributed by atoms with E-state index in [-0.39, 0.29) is 16.9 Å². The SMILES string of the molecule is O=C(c1cccc([N+](=O)[O-])c1)C(c1ccccc1)C(C(C(=S)C(c1ccccc1)c1ccc([N+](=O)[O-])cc1)c1ccccc1)C(Cl)(Cl)Cl. The van der Waals surface area contributed by atoms with Crippen molar-refractivity contribution in [3.63, 3.8) is 0 Å². The first-order valence-electron chi connectivity index (χ1n) is 14.8. The Balaban J connectivity index is 1.76. The zero-order valence-corrected chi connectivity index (χ0v) is 28.2. The number of nitro groups is 2. The second kappa shape index (κ2) is 15.2. The Hall–Kier alpha value is -4.47. The summed E-state index contributed by atoms with van der Waals surface area (Å²) in [5.41, 5.74) is 2.40. The topological polar surface area (TPSA) is 103 Å². The number of thiocarbonyl (C=S) groups is 1. The molecule has 5 rings (SSSR count). The maximum absolute atomic E-state index is 14.7. The van der Waals surface area contributed by atoms with Crippen LogP contribution in [0.2, 0.25) is 0 Å². The Morgan fingerprint density at radius 3 is 1.52 bits per heavy atom. The highest BCUT2D eigenvalue weighted by atomic mass is 35.6. The van der Waals surface area contributed by atoms with Crippen molar-refractivity contribution in [2.75, 3.05) is 0 Å². The Morgan fingerprint density at radius 2 is 1.04 bits per heavy atom. The van der Waals surface area contributed by atoms with Gasteiger partial charge in [0.1, 0.15) is 0 Å². The predicted octanol–water partition coefficient (Wildman–Crippen LogP) is 10.4. The first-order chi connectivity index (χ1) is 23.0. The van der Waals surface area contributed by atoms with Gasteiger partial charge in [-0.05, 0) is 22.3 Å². The maximum Gasteiger partial charge on any atom is 0.270 e. The molecule has 0 spiro atoms. The van der Waals surface area contributed by atoms with E-state index in [0.717, 1.165) is 5.56 Å². The third kappa shape index (κ3) is 7.80. The van der Waals surface area contributed by atoms with Crippen LogP contribution in [0.15, 0.2) is 140 Å². The molecule has 0 aliphatic heterocycles. The molecule has 4 atom stereocenters. The van der Waals surface area contributed by atoms with Crippen LogP contribution in [0.25, 0.3) is 0 Å². The van der Waals surface area contributed by atoms with E-state index in [9.17, 15) is 25.0 Å². The summed E-state index contributed by atoms with van der Waals surface area (Å²) < 4.78 is -2.10. The lowest BCUT2D eigenvalue weighted by atomic mass is 9.68. The number of hydrogen-bond donors (Lipinski definition) is 0. The van der Waals surface area contributed by atoms with Gasteiger partial charge in [0.25, 0.3) is 11.4 Å². The van der Waals surface area contributed by atoms with Crippen molar-refractivity contribution in [3.8, 4) is 0 Å². The highest BCUT2D eigenvalue weighted by molar-refractivity contribution is 7.80. The summed E-state index contributed by atoms with van der Waals surface area (Å²) in [4.78, 5) is 37.2. The van der Waals surface area contributed by atoms with Gasteiger partial charge in [-0.2, -0.15) is 0 Å². The van der Waals surface area contributed by atoms with Crippen molar-refractivity contribution in [2.24, 2.45) is 5.92 Å². The number of nitro benzene ring substituents is 2. The summed E-state index contributed by atoms with van der Waals surface area (Å²) in [6.07, 6.45) is 0. The molecule has 0 bridgehead atoms. The molecule has 0 heterocycles. The van der Waals surface area contributed by atoms with Crippen molar-refractivity contribution >= 4 is 69.0 Å². The van der Waals surface area contributed by atoms with Crippen molar-refractivity contribution in [1.82, 2.24) is 0 Å². The predicted molar refractivity (Wildman–Crippen MR) is 194 cm³/mol. The number of ketones is 1. The van der Waals surface area contributed by atoms with Crippen LogP contribution in [0.1, 0.15) is 50.4 Å². The van der Waals surface area contributed by atoms with Gasteiger partial charge in [-0.15, -0.1) is 0 Å². The van der Waals surface area contributed by atoms with Gasteiger partial charge in [0.05, 0.1) is 15.8 Å². The van der Waals surface area contributed by atoms with Gasteiger partial charge in [0, 0.05) is 52.4 Å². The molecular weight excluding hydrogens is 691 g/mol. The van der Waals surface area contributed by atoms with E-state index in [2.05, 4.69) is 0 Å². The van der Waals surface area contributed by atoms with E-state index in [1.807, 2.05) is 60.7 Å². The van der Waals surface area contributed by atoms with Gasteiger partial charge < -0.3 is 0 Å².